The van der Waals surface area contributed by atoms with Gasteiger partial charge in [0.25, 0.3) is 0 Å². The number of aryl methyl sites for hydroxylation is 1. The number of nitrogens with zero attached hydrogens (tertiary/aromatic N) is 1. The van der Waals surface area contributed by atoms with E-state index >= 15 is 0 Å². The van der Waals surface area contributed by atoms with Crippen molar-refractivity contribution in [2.45, 2.75) is 51.5 Å². The number of carboxylic acids is 1. The van der Waals surface area contributed by atoms with Crippen molar-refractivity contribution < 1.29 is 19.1 Å². The van der Waals surface area contributed by atoms with Gasteiger partial charge in [-0.1, -0.05) is 19.4 Å². The van der Waals surface area contributed by atoms with Crippen LogP contribution in [0.5, 0.6) is 0 Å². The fourth-order valence-corrected chi connectivity index (χ4v) is 3.64. The van der Waals surface area contributed by atoms with Crippen LogP contribution in [-0.4, -0.2) is 27.6 Å². The molecule has 1 aromatic carbocycles. The summed E-state index contributed by atoms with van der Waals surface area (Å²) in [6, 6.07) is 4.87. The second kappa shape index (κ2) is 7.82. The fourth-order valence-electron chi connectivity index (χ4n) is 3.64. The molecule has 27 heavy (non-hydrogen) atoms. The van der Waals surface area contributed by atoms with Crippen LogP contribution in [0.4, 0.5) is 10.5 Å². The Labute approximate surface area is 158 Å². The number of anilines is 1. The minimum absolute atomic E-state index is 0.448. The van der Waals surface area contributed by atoms with Crippen molar-refractivity contribution in [2.75, 3.05) is 5.32 Å². The average Bonchev–Trinajstić information content (AvgIpc) is 3.18. The topological polar surface area (TPSA) is 104 Å². The number of benzene rings is 1. The summed E-state index contributed by atoms with van der Waals surface area (Å²) in [6.45, 7) is 4.04. The summed E-state index contributed by atoms with van der Waals surface area (Å²) < 4.78 is 5.33. The number of carboxylic acid groups (broad SMARTS) is 1. The van der Waals surface area contributed by atoms with Gasteiger partial charge in [-0.25, -0.2) is 14.6 Å². The van der Waals surface area contributed by atoms with Gasteiger partial charge in [-0.3, -0.25) is 0 Å². The van der Waals surface area contributed by atoms with Crippen molar-refractivity contribution in [1.82, 2.24) is 10.3 Å². The van der Waals surface area contributed by atoms with Gasteiger partial charge >= 0.3 is 12.0 Å². The molecule has 0 saturated heterocycles. The Balaban J connectivity index is 1.72. The normalized spacial score (nSPS) is 22.2. The zero-order valence-corrected chi connectivity index (χ0v) is 15.6. The first-order valence-electron chi connectivity index (χ1n) is 9.26. The van der Waals surface area contributed by atoms with Gasteiger partial charge < -0.3 is 20.2 Å². The highest BCUT2D eigenvalue weighted by Gasteiger charge is 2.43. The van der Waals surface area contributed by atoms with E-state index in [0.717, 1.165) is 30.4 Å². The molecular formula is C20H25N3O4. The number of nitrogens with one attached hydrogen (secondary N) is 2. The average molecular weight is 371 g/mol. The molecule has 1 aromatic heterocycles. The van der Waals surface area contributed by atoms with Crippen molar-refractivity contribution >= 4 is 17.7 Å². The predicted octanol–water partition coefficient (Wildman–Crippen LogP) is 4.20. The van der Waals surface area contributed by atoms with E-state index in [2.05, 4.69) is 22.5 Å². The Morgan fingerprint density at radius 3 is 2.67 bits per heavy atom. The van der Waals surface area contributed by atoms with Gasteiger partial charge in [0.2, 0.25) is 5.89 Å². The Bertz CT molecular complexity index is 809. The van der Waals surface area contributed by atoms with Gasteiger partial charge in [0, 0.05) is 11.3 Å². The molecule has 2 amide bonds. The van der Waals surface area contributed by atoms with E-state index in [1.165, 1.54) is 6.26 Å². The second-order valence-electron chi connectivity index (χ2n) is 7.18. The number of hydrogen-bond acceptors (Lipinski definition) is 4. The lowest BCUT2D eigenvalue weighted by atomic mass is 9.75. The summed E-state index contributed by atoms with van der Waals surface area (Å²) in [5, 5.41) is 15.2. The SMILES string of the molecule is CCC1CCC(NC(=O)Nc2ccc(C)c(-c3ncco3)c2)(C(=O)O)CC1. The third-order valence-electron chi connectivity index (χ3n) is 5.46. The van der Waals surface area contributed by atoms with Gasteiger partial charge in [-0.15, -0.1) is 0 Å². The molecule has 0 bridgehead atoms. The molecule has 1 aliphatic rings. The number of aromatic nitrogens is 1. The van der Waals surface area contributed by atoms with Crippen molar-refractivity contribution in [3.63, 3.8) is 0 Å². The Hall–Kier alpha value is -2.83. The summed E-state index contributed by atoms with van der Waals surface area (Å²) in [5.41, 5.74) is 1.08. The van der Waals surface area contributed by atoms with Crippen LogP contribution in [-0.2, 0) is 4.79 Å². The Kier molecular flexibility index (Phi) is 5.48. The maximum Gasteiger partial charge on any atom is 0.329 e. The quantitative estimate of drug-likeness (QED) is 0.731. The third kappa shape index (κ3) is 4.13. The summed E-state index contributed by atoms with van der Waals surface area (Å²) in [4.78, 5) is 28.5. The Morgan fingerprint density at radius 2 is 2.07 bits per heavy atom. The number of rotatable bonds is 5. The molecule has 1 heterocycles. The van der Waals surface area contributed by atoms with E-state index in [0.29, 0.717) is 30.3 Å². The Morgan fingerprint density at radius 1 is 1.33 bits per heavy atom. The van der Waals surface area contributed by atoms with E-state index in [4.69, 9.17) is 4.42 Å². The monoisotopic (exact) mass is 371 g/mol. The molecule has 0 atom stereocenters. The predicted molar refractivity (Wildman–Crippen MR) is 101 cm³/mol. The van der Waals surface area contributed by atoms with Crippen LogP contribution in [0.3, 0.4) is 0 Å². The number of carbonyl (C=O) groups excluding carboxylic acids is 1. The molecular weight excluding hydrogens is 346 g/mol. The molecule has 1 saturated carbocycles. The van der Waals surface area contributed by atoms with Crippen LogP contribution in [0.2, 0.25) is 0 Å². The van der Waals surface area contributed by atoms with Crippen LogP contribution in [0.1, 0.15) is 44.6 Å². The van der Waals surface area contributed by atoms with Crippen LogP contribution in [0.25, 0.3) is 11.5 Å². The number of aliphatic carboxylic acids is 1. The van der Waals surface area contributed by atoms with Crippen LogP contribution < -0.4 is 10.6 Å². The molecule has 0 aliphatic heterocycles. The standard InChI is InChI=1S/C20H25N3O4/c1-3-14-6-8-20(9-7-14,18(24)25)23-19(26)22-15-5-4-13(2)16(12-15)17-21-10-11-27-17/h4-5,10-12,14H,3,6-9H2,1-2H3,(H,24,25)(H2,22,23,26). The van der Waals surface area contributed by atoms with Crippen LogP contribution >= 0.6 is 0 Å². The zero-order chi connectivity index (χ0) is 19.4. The summed E-state index contributed by atoms with van der Waals surface area (Å²) in [7, 11) is 0. The molecule has 3 rings (SSSR count). The van der Waals surface area contributed by atoms with E-state index in [9.17, 15) is 14.7 Å². The number of carbonyl (C=O) groups is 2. The molecule has 7 nitrogen and oxygen atoms in total. The lowest BCUT2D eigenvalue weighted by molar-refractivity contribution is -0.146. The van der Waals surface area contributed by atoms with Crippen molar-refractivity contribution in [1.29, 1.82) is 0 Å². The first-order valence-corrected chi connectivity index (χ1v) is 9.26. The van der Waals surface area contributed by atoms with Crippen LogP contribution in [0.15, 0.2) is 35.1 Å². The second-order valence-corrected chi connectivity index (χ2v) is 7.18. The van der Waals surface area contributed by atoms with E-state index in [1.54, 1.807) is 18.3 Å². The van der Waals surface area contributed by atoms with Gasteiger partial charge in [-0.05, 0) is 56.2 Å². The van der Waals surface area contributed by atoms with E-state index in [-0.39, 0.29) is 0 Å². The van der Waals surface area contributed by atoms with E-state index < -0.39 is 17.5 Å². The van der Waals surface area contributed by atoms with Gasteiger partial charge in [0.05, 0.1) is 6.20 Å². The van der Waals surface area contributed by atoms with E-state index in [1.807, 2.05) is 13.0 Å². The smallest absolute Gasteiger partial charge is 0.329 e. The number of urea groups is 1. The van der Waals surface area contributed by atoms with Gasteiger partial charge in [0.15, 0.2) is 0 Å². The lowest BCUT2D eigenvalue weighted by Crippen LogP contribution is -2.57. The zero-order valence-electron chi connectivity index (χ0n) is 15.6. The van der Waals surface area contributed by atoms with Gasteiger partial charge in [0.1, 0.15) is 11.8 Å². The summed E-state index contributed by atoms with van der Waals surface area (Å²) in [5.74, 6) is 0.0239. The first kappa shape index (κ1) is 18.9. The van der Waals surface area contributed by atoms with Gasteiger partial charge in [-0.2, -0.15) is 0 Å². The molecule has 0 unspecified atom stereocenters. The summed E-state index contributed by atoms with van der Waals surface area (Å²) in [6.07, 6.45) is 6.60. The van der Waals surface area contributed by atoms with Crippen LogP contribution in [0, 0.1) is 12.8 Å². The summed E-state index contributed by atoms with van der Waals surface area (Å²) >= 11 is 0. The molecule has 3 N–H and O–H groups in total. The highest BCUT2D eigenvalue weighted by Crippen LogP contribution is 2.34. The maximum atomic E-state index is 12.5. The highest BCUT2D eigenvalue weighted by molar-refractivity contribution is 5.94. The number of amides is 2. The maximum absolute atomic E-state index is 12.5. The largest absolute Gasteiger partial charge is 0.480 e. The molecule has 0 radical (unpaired) electrons. The fraction of sp³-hybridized carbons (Fsp3) is 0.450. The molecule has 1 aliphatic carbocycles. The van der Waals surface area contributed by atoms with Crippen molar-refractivity contribution in [3.8, 4) is 11.5 Å². The molecule has 144 valence electrons. The highest BCUT2D eigenvalue weighted by atomic mass is 16.4. The minimum Gasteiger partial charge on any atom is -0.480 e. The molecule has 0 spiro atoms. The molecule has 1 fully saturated rings. The minimum atomic E-state index is -1.20. The molecule has 7 heteroatoms. The first-order chi connectivity index (χ1) is 12.9. The van der Waals surface area contributed by atoms with Crippen molar-refractivity contribution in [3.05, 3.63) is 36.2 Å². The lowest BCUT2D eigenvalue weighted by Gasteiger charge is -2.37. The van der Waals surface area contributed by atoms with Crippen molar-refractivity contribution in [2.24, 2.45) is 5.92 Å². The number of hydrogen-bond donors (Lipinski definition) is 3. The molecule has 2 aromatic rings. The third-order valence-corrected chi connectivity index (χ3v) is 5.46. The number of oxazole rings is 1.